The molecule has 2 unspecified atom stereocenters. The normalized spacial score (nSPS) is 16.7. The highest BCUT2D eigenvalue weighted by molar-refractivity contribution is 8.32. The number of amides is 1. The molecule has 0 heterocycles. The third-order valence-electron chi connectivity index (χ3n) is 3.84. The van der Waals surface area contributed by atoms with Gasteiger partial charge in [0, 0.05) is 17.7 Å². The summed E-state index contributed by atoms with van der Waals surface area (Å²) in [4.78, 5) is 12.7. The lowest BCUT2D eigenvalue weighted by Crippen LogP contribution is -2.47. The Labute approximate surface area is 142 Å². The summed E-state index contributed by atoms with van der Waals surface area (Å²) < 4.78 is 7.01. The molecule has 0 saturated heterocycles. The second kappa shape index (κ2) is 8.05. The molecule has 0 aromatic carbocycles. The molecule has 1 amide bonds. The number of aliphatic hydroxyl groups is 2. The lowest BCUT2D eigenvalue weighted by molar-refractivity contribution is 0.0268. The van der Waals surface area contributed by atoms with Crippen LogP contribution in [0.15, 0.2) is 0 Å². The van der Waals surface area contributed by atoms with Gasteiger partial charge in [-0.15, -0.1) is 0 Å². The average molecular weight is 353 g/mol. The molecule has 0 aliphatic heterocycles. The predicted molar refractivity (Wildman–Crippen MR) is 97.8 cm³/mol. The fourth-order valence-electron chi connectivity index (χ4n) is 1.77. The molecule has 23 heavy (non-hydrogen) atoms. The Balaban J connectivity index is 5.35. The number of nitrogens with two attached hydrogens (primary N) is 1. The number of nitrogens with zero attached hydrogens (tertiary/aromatic N) is 1. The van der Waals surface area contributed by atoms with Crippen LogP contribution in [0.4, 0.5) is 4.79 Å². The van der Waals surface area contributed by atoms with Crippen molar-refractivity contribution in [1.29, 1.82) is 0 Å². The summed E-state index contributed by atoms with van der Waals surface area (Å²) in [5.74, 6) is 0. The summed E-state index contributed by atoms with van der Waals surface area (Å²) in [7, 11) is -1.56. The van der Waals surface area contributed by atoms with Crippen LogP contribution in [0.25, 0.3) is 0 Å². The minimum Gasteiger partial charge on any atom is -0.443 e. The molecule has 4 N–H and O–H groups in total. The third-order valence-corrected chi connectivity index (χ3v) is 8.24. The van der Waals surface area contributed by atoms with E-state index in [9.17, 15) is 15.0 Å². The number of ether oxygens (including phenoxy) is 1. The quantitative estimate of drug-likeness (QED) is 0.680. The van der Waals surface area contributed by atoms with Crippen molar-refractivity contribution >= 4 is 16.3 Å². The van der Waals surface area contributed by atoms with Crippen LogP contribution in [0.3, 0.4) is 0 Å². The molecule has 6 nitrogen and oxygen atoms in total. The Kier molecular flexibility index (Phi) is 7.88. The standard InChI is InChI=1S/C16H36N2O4S/c1-15(2,3)22-14(21)18(23(7,8)16(4,5)6)11-13(20)9-12(19)10-17/h12-13,19-20H,9-11,17H2,1-8H3. The molecule has 0 aromatic rings. The maximum atomic E-state index is 12.7. The van der Waals surface area contributed by atoms with E-state index < -0.39 is 34.1 Å². The third kappa shape index (κ3) is 7.28. The number of hydrogen-bond donors (Lipinski definition) is 3. The van der Waals surface area contributed by atoms with Crippen LogP contribution < -0.4 is 5.73 Å². The van der Waals surface area contributed by atoms with Crippen molar-refractivity contribution in [2.75, 3.05) is 25.6 Å². The monoisotopic (exact) mass is 352 g/mol. The lowest BCUT2D eigenvalue weighted by Gasteiger charge is -2.52. The molecule has 0 aliphatic carbocycles. The maximum absolute atomic E-state index is 12.7. The summed E-state index contributed by atoms with van der Waals surface area (Å²) in [5, 5.41) is 19.9. The number of hydrogen-bond acceptors (Lipinski definition) is 5. The van der Waals surface area contributed by atoms with Crippen LogP contribution in [0.1, 0.15) is 48.0 Å². The van der Waals surface area contributed by atoms with E-state index in [-0.39, 0.29) is 24.3 Å². The van der Waals surface area contributed by atoms with Gasteiger partial charge in [0.2, 0.25) is 0 Å². The molecule has 0 aliphatic rings. The summed E-state index contributed by atoms with van der Waals surface area (Å²) in [5.41, 5.74) is 4.78. The minimum atomic E-state index is -1.56. The Morgan fingerprint density at radius 3 is 1.96 bits per heavy atom. The van der Waals surface area contributed by atoms with Crippen LogP contribution in [0.5, 0.6) is 0 Å². The van der Waals surface area contributed by atoms with Gasteiger partial charge in [-0.05, 0) is 33.3 Å². The summed E-state index contributed by atoms with van der Waals surface area (Å²) in [6.07, 6.45) is 2.13. The topological polar surface area (TPSA) is 96.0 Å². The van der Waals surface area contributed by atoms with E-state index in [0.717, 1.165) is 0 Å². The van der Waals surface area contributed by atoms with Gasteiger partial charge in [-0.25, -0.2) is 4.79 Å². The summed E-state index contributed by atoms with van der Waals surface area (Å²) in [6, 6.07) is 0. The predicted octanol–water partition coefficient (Wildman–Crippen LogP) is 2.07. The molecule has 0 radical (unpaired) electrons. The largest absolute Gasteiger partial charge is 0.443 e. The highest BCUT2D eigenvalue weighted by Gasteiger charge is 2.39. The summed E-state index contributed by atoms with van der Waals surface area (Å²) in [6.45, 7) is 11.9. The number of carbonyl (C=O) groups is 1. The molecule has 140 valence electrons. The molecule has 2 atom stereocenters. The van der Waals surface area contributed by atoms with Crippen molar-refractivity contribution in [3.8, 4) is 0 Å². The number of rotatable bonds is 6. The Morgan fingerprint density at radius 1 is 1.13 bits per heavy atom. The highest BCUT2D eigenvalue weighted by atomic mass is 32.3. The molecule has 0 saturated carbocycles. The van der Waals surface area contributed by atoms with E-state index in [1.54, 1.807) is 4.31 Å². The van der Waals surface area contributed by atoms with E-state index in [0.29, 0.717) is 0 Å². The smallest absolute Gasteiger partial charge is 0.419 e. The van der Waals surface area contributed by atoms with Crippen molar-refractivity contribution in [2.45, 2.75) is 70.5 Å². The van der Waals surface area contributed by atoms with E-state index >= 15 is 0 Å². The van der Waals surface area contributed by atoms with Crippen LogP contribution >= 0.6 is 10.2 Å². The van der Waals surface area contributed by atoms with Gasteiger partial charge in [0.25, 0.3) is 0 Å². The van der Waals surface area contributed by atoms with Gasteiger partial charge in [-0.1, -0.05) is 20.8 Å². The molecule has 7 heteroatoms. The van der Waals surface area contributed by atoms with Crippen LogP contribution in [-0.2, 0) is 4.74 Å². The zero-order valence-electron chi connectivity index (χ0n) is 15.9. The maximum Gasteiger partial charge on any atom is 0.419 e. The zero-order valence-corrected chi connectivity index (χ0v) is 16.7. The van der Waals surface area contributed by atoms with E-state index in [4.69, 9.17) is 10.5 Å². The Bertz CT molecular complexity index is 389. The van der Waals surface area contributed by atoms with Gasteiger partial charge < -0.3 is 20.7 Å². The minimum absolute atomic E-state index is 0.0824. The molecule has 0 bridgehead atoms. The second-order valence-electron chi connectivity index (χ2n) is 8.21. The first-order chi connectivity index (χ1) is 10.1. The SMILES string of the molecule is CC(C)(C)OC(=O)N(CC(O)CC(O)CN)S(C)(C)C(C)(C)C. The average Bonchev–Trinajstić information content (AvgIpc) is 2.31. The van der Waals surface area contributed by atoms with E-state index in [1.807, 2.05) is 33.3 Å². The Morgan fingerprint density at radius 2 is 1.61 bits per heavy atom. The van der Waals surface area contributed by atoms with Crippen molar-refractivity contribution in [2.24, 2.45) is 5.73 Å². The van der Waals surface area contributed by atoms with Gasteiger partial charge in [0.05, 0.1) is 18.8 Å². The fourth-order valence-corrected chi connectivity index (χ4v) is 3.38. The van der Waals surface area contributed by atoms with Gasteiger partial charge in [-0.2, -0.15) is 10.2 Å². The second-order valence-corrected chi connectivity index (χ2v) is 12.4. The van der Waals surface area contributed by atoms with E-state index in [1.165, 1.54) is 0 Å². The molecule has 0 spiro atoms. The van der Waals surface area contributed by atoms with Gasteiger partial charge in [0.1, 0.15) is 5.60 Å². The molecular weight excluding hydrogens is 316 g/mol. The van der Waals surface area contributed by atoms with Crippen molar-refractivity contribution in [1.82, 2.24) is 4.31 Å². The molecule has 0 rings (SSSR count). The first-order valence-electron chi connectivity index (χ1n) is 7.91. The number of aliphatic hydroxyl groups excluding tert-OH is 2. The van der Waals surface area contributed by atoms with Gasteiger partial charge >= 0.3 is 6.09 Å². The summed E-state index contributed by atoms with van der Waals surface area (Å²) >= 11 is 0. The lowest BCUT2D eigenvalue weighted by atomic mass is 10.1. The van der Waals surface area contributed by atoms with Gasteiger partial charge in [-0.3, -0.25) is 4.31 Å². The van der Waals surface area contributed by atoms with Crippen molar-refractivity contribution in [3.63, 3.8) is 0 Å². The first-order valence-corrected chi connectivity index (χ1v) is 10.3. The van der Waals surface area contributed by atoms with Crippen molar-refractivity contribution < 1.29 is 19.7 Å². The van der Waals surface area contributed by atoms with Crippen LogP contribution in [0.2, 0.25) is 0 Å². The first kappa shape index (κ1) is 22.5. The van der Waals surface area contributed by atoms with Crippen LogP contribution in [-0.4, -0.2) is 68.8 Å². The fraction of sp³-hybridized carbons (Fsp3) is 0.938. The van der Waals surface area contributed by atoms with Gasteiger partial charge in [0.15, 0.2) is 0 Å². The molecular formula is C16H36N2O4S. The molecule has 0 aromatic heterocycles. The number of carbonyl (C=O) groups excluding carboxylic acids is 1. The molecule has 0 fully saturated rings. The highest BCUT2D eigenvalue weighted by Crippen LogP contribution is 2.56. The zero-order chi connectivity index (χ0) is 18.6. The van der Waals surface area contributed by atoms with Crippen molar-refractivity contribution in [3.05, 3.63) is 0 Å². The Hall–Kier alpha value is -0.500. The van der Waals surface area contributed by atoms with Crippen LogP contribution in [0, 0.1) is 0 Å². The van der Waals surface area contributed by atoms with E-state index in [2.05, 4.69) is 20.8 Å².